The number of benzene rings is 1. The van der Waals surface area contributed by atoms with Gasteiger partial charge in [0, 0.05) is 43.7 Å². The smallest absolute Gasteiger partial charge is 0.276 e. The summed E-state index contributed by atoms with van der Waals surface area (Å²) in [5.74, 6) is 1.03. The highest BCUT2D eigenvalue weighted by Gasteiger charge is 2.45. The Labute approximate surface area is 142 Å². The van der Waals surface area contributed by atoms with Crippen molar-refractivity contribution in [2.24, 2.45) is 0 Å². The predicted octanol–water partition coefficient (Wildman–Crippen LogP) is 2.90. The molecule has 1 aromatic carbocycles. The SMILES string of the molecule is CC(C)c1cc(C(=O)N2C[C@@H]3C[C@H]2CN3Cc2ccccc2)no1. The predicted molar refractivity (Wildman–Crippen MR) is 90.7 cm³/mol. The van der Waals surface area contributed by atoms with Crippen molar-refractivity contribution >= 4 is 5.91 Å². The van der Waals surface area contributed by atoms with Crippen molar-refractivity contribution in [1.29, 1.82) is 0 Å². The maximum absolute atomic E-state index is 12.7. The molecule has 126 valence electrons. The minimum atomic E-state index is 0.0116. The van der Waals surface area contributed by atoms with E-state index in [0.29, 0.717) is 17.8 Å². The second kappa shape index (κ2) is 6.06. The molecular weight excluding hydrogens is 302 g/mol. The van der Waals surface area contributed by atoms with Crippen LogP contribution in [0.5, 0.6) is 0 Å². The van der Waals surface area contributed by atoms with Crippen LogP contribution in [-0.4, -0.2) is 46.0 Å². The summed E-state index contributed by atoms with van der Waals surface area (Å²) in [5, 5.41) is 3.97. The number of nitrogens with zero attached hydrogens (tertiary/aromatic N) is 3. The normalized spacial score (nSPS) is 23.4. The first kappa shape index (κ1) is 15.4. The van der Waals surface area contributed by atoms with E-state index in [2.05, 4.69) is 34.3 Å². The molecular formula is C19H23N3O2. The Balaban J connectivity index is 1.41. The second-order valence-corrected chi connectivity index (χ2v) is 7.19. The van der Waals surface area contributed by atoms with Gasteiger partial charge in [-0.25, -0.2) is 0 Å². The third kappa shape index (κ3) is 2.73. The number of aromatic nitrogens is 1. The molecule has 1 amide bonds. The fourth-order valence-corrected chi connectivity index (χ4v) is 3.82. The minimum Gasteiger partial charge on any atom is -0.360 e. The lowest BCUT2D eigenvalue weighted by molar-refractivity contribution is 0.0606. The maximum Gasteiger partial charge on any atom is 0.276 e. The number of amides is 1. The first-order chi connectivity index (χ1) is 11.6. The van der Waals surface area contributed by atoms with Gasteiger partial charge in [0.15, 0.2) is 5.69 Å². The summed E-state index contributed by atoms with van der Waals surface area (Å²) < 4.78 is 5.28. The van der Waals surface area contributed by atoms with E-state index in [4.69, 9.17) is 4.52 Å². The first-order valence-electron chi connectivity index (χ1n) is 8.67. The lowest BCUT2D eigenvalue weighted by atomic mass is 10.1. The molecule has 0 saturated carbocycles. The molecule has 0 unspecified atom stereocenters. The van der Waals surface area contributed by atoms with Crippen LogP contribution in [0.1, 0.15) is 48.0 Å². The number of piperazine rings is 1. The molecule has 1 aromatic heterocycles. The van der Waals surface area contributed by atoms with Gasteiger partial charge in [-0.15, -0.1) is 0 Å². The van der Waals surface area contributed by atoms with E-state index in [-0.39, 0.29) is 11.8 Å². The minimum absolute atomic E-state index is 0.0116. The lowest BCUT2D eigenvalue weighted by Gasteiger charge is -2.33. The van der Waals surface area contributed by atoms with E-state index in [0.717, 1.165) is 31.8 Å². The second-order valence-electron chi connectivity index (χ2n) is 7.19. The lowest BCUT2D eigenvalue weighted by Crippen LogP contribution is -2.48. The van der Waals surface area contributed by atoms with Crippen LogP contribution in [0, 0.1) is 0 Å². The molecule has 0 spiro atoms. The van der Waals surface area contributed by atoms with Crippen molar-refractivity contribution in [1.82, 2.24) is 15.0 Å². The molecule has 0 aliphatic carbocycles. The summed E-state index contributed by atoms with van der Waals surface area (Å²) in [6.45, 7) is 6.77. The van der Waals surface area contributed by atoms with Crippen molar-refractivity contribution in [2.75, 3.05) is 13.1 Å². The monoisotopic (exact) mass is 325 g/mol. The molecule has 2 aromatic rings. The number of carbonyl (C=O) groups is 1. The van der Waals surface area contributed by atoms with Crippen LogP contribution in [-0.2, 0) is 6.54 Å². The third-order valence-corrected chi connectivity index (χ3v) is 5.16. The van der Waals surface area contributed by atoms with Gasteiger partial charge in [0.1, 0.15) is 5.76 Å². The Morgan fingerprint density at radius 1 is 1.25 bits per heavy atom. The Morgan fingerprint density at radius 2 is 2.04 bits per heavy atom. The van der Waals surface area contributed by atoms with Gasteiger partial charge < -0.3 is 9.42 Å². The number of hydrogen-bond donors (Lipinski definition) is 0. The largest absolute Gasteiger partial charge is 0.360 e. The fraction of sp³-hybridized carbons (Fsp3) is 0.474. The van der Waals surface area contributed by atoms with Gasteiger partial charge in [-0.05, 0) is 12.0 Å². The van der Waals surface area contributed by atoms with Crippen LogP contribution >= 0.6 is 0 Å². The molecule has 5 heteroatoms. The molecule has 2 saturated heterocycles. The van der Waals surface area contributed by atoms with Gasteiger partial charge in [0.2, 0.25) is 0 Å². The van der Waals surface area contributed by atoms with E-state index in [1.807, 2.05) is 24.8 Å². The van der Waals surface area contributed by atoms with Crippen molar-refractivity contribution in [3.8, 4) is 0 Å². The van der Waals surface area contributed by atoms with Gasteiger partial charge in [0.05, 0.1) is 0 Å². The van der Waals surface area contributed by atoms with E-state index in [1.165, 1.54) is 5.56 Å². The average Bonchev–Trinajstić information content (AvgIpc) is 3.30. The Bertz CT molecular complexity index is 725. The highest BCUT2D eigenvalue weighted by Crippen LogP contribution is 2.33. The molecule has 2 aliphatic rings. The standard InChI is InChI=1S/C19H23N3O2/c1-13(2)18-9-17(20-24-18)19(23)22-12-15-8-16(22)11-21(15)10-14-6-4-3-5-7-14/h3-7,9,13,15-16H,8,10-12H2,1-2H3/t15-,16-/m0/s1. The van der Waals surface area contributed by atoms with E-state index in [1.54, 1.807) is 6.07 Å². The molecule has 2 aliphatic heterocycles. The summed E-state index contributed by atoms with van der Waals surface area (Å²) in [5.41, 5.74) is 1.78. The highest BCUT2D eigenvalue weighted by molar-refractivity contribution is 5.92. The maximum atomic E-state index is 12.7. The van der Waals surface area contributed by atoms with E-state index >= 15 is 0 Å². The number of rotatable bonds is 4. The topological polar surface area (TPSA) is 49.6 Å². The summed E-state index contributed by atoms with van der Waals surface area (Å²) in [6.07, 6.45) is 1.06. The third-order valence-electron chi connectivity index (χ3n) is 5.16. The van der Waals surface area contributed by atoms with Crippen LogP contribution in [0.4, 0.5) is 0 Å². The van der Waals surface area contributed by atoms with Crippen LogP contribution in [0.3, 0.4) is 0 Å². The van der Waals surface area contributed by atoms with E-state index in [9.17, 15) is 4.79 Å². The summed E-state index contributed by atoms with van der Waals surface area (Å²) in [6, 6.07) is 13.1. The van der Waals surface area contributed by atoms with Crippen molar-refractivity contribution in [3.63, 3.8) is 0 Å². The molecule has 4 rings (SSSR count). The zero-order chi connectivity index (χ0) is 16.7. The molecule has 24 heavy (non-hydrogen) atoms. The van der Waals surface area contributed by atoms with Crippen molar-refractivity contribution in [3.05, 3.63) is 53.4 Å². The van der Waals surface area contributed by atoms with Crippen LogP contribution < -0.4 is 0 Å². The zero-order valence-corrected chi connectivity index (χ0v) is 14.2. The van der Waals surface area contributed by atoms with E-state index < -0.39 is 0 Å². The zero-order valence-electron chi connectivity index (χ0n) is 14.2. The van der Waals surface area contributed by atoms with Gasteiger partial charge in [-0.2, -0.15) is 0 Å². The number of carbonyl (C=O) groups excluding carboxylic acids is 1. The van der Waals surface area contributed by atoms with Crippen molar-refractivity contribution < 1.29 is 9.32 Å². The molecule has 0 radical (unpaired) electrons. The molecule has 2 bridgehead atoms. The Morgan fingerprint density at radius 3 is 2.67 bits per heavy atom. The summed E-state index contributed by atoms with van der Waals surface area (Å²) in [7, 11) is 0. The fourth-order valence-electron chi connectivity index (χ4n) is 3.82. The quantitative estimate of drug-likeness (QED) is 0.867. The highest BCUT2D eigenvalue weighted by atomic mass is 16.5. The van der Waals surface area contributed by atoms with Gasteiger partial charge in [0.25, 0.3) is 5.91 Å². The van der Waals surface area contributed by atoms with Crippen LogP contribution in [0.25, 0.3) is 0 Å². The average molecular weight is 325 g/mol. The summed E-state index contributed by atoms with van der Waals surface area (Å²) >= 11 is 0. The Kier molecular flexibility index (Phi) is 3.88. The van der Waals surface area contributed by atoms with Gasteiger partial charge in [-0.1, -0.05) is 49.3 Å². The first-order valence-corrected chi connectivity index (χ1v) is 8.67. The molecule has 2 atom stereocenters. The van der Waals surface area contributed by atoms with Gasteiger partial charge >= 0.3 is 0 Å². The molecule has 0 N–H and O–H groups in total. The number of fused-ring (bicyclic) bond motifs is 2. The Hall–Kier alpha value is -2.14. The van der Waals surface area contributed by atoms with Gasteiger partial charge in [-0.3, -0.25) is 9.69 Å². The van der Waals surface area contributed by atoms with Crippen LogP contribution in [0.15, 0.2) is 40.9 Å². The molecule has 5 nitrogen and oxygen atoms in total. The number of likely N-dealkylation sites (tertiary alicyclic amines) is 2. The summed E-state index contributed by atoms with van der Waals surface area (Å²) in [4.78, 5) is 17.2. The van der Waals surface area contributed by atoms with Crippen LogP contribution in [0.2, 0.25) is 0 Å². The number of hydrogen-bond acceptors (Lipinski definition) is 4. The molecule has 3 heterocycles. The molecule has 2 fully saturated rings. The van der Waals surface area contributed by atoms with Crippen molar-refractivity contribution in [2.45, 2.75) is 44.8 Å².